The number of carbonyl (C=O) groups excluding carboxylic acids is 4. The topological polar surface area (TPSA) is 210 Å². The molecule has 17 heteroatoms. The Bertz CT molecular complexity index is 2040. The molecule has 17 nitrogen and oxygen atoms in total. The molecular weight excluding hydrogens is 909 g/mol. The van der Waals surface area contributed by atoms with Crippen molar-refractivity contribution in [3.8, 4) is 0 Å². The zero-order valence-corrected chi connectivity index (χ0v) is 42.4. The molecule has 70 heavy (non-hydrogen) atoms. The van der Waals surface area contributed by atoms with E-state index < -0.39 is 114 Å². The largest absolute Gasteiger partial charge is 0.460 e. The summed E-state index contributed by atoms with van der Waals surface area (Å²) in [4.78, 5) is 54.1. The van der Waals surface area contributed by atoms with Gasteiger partial charge in [-0.1, -0.05) is 48.9 Å². The highest BCUT2D eigenvalue weighted by atomic mass is 16.7. The number of esters is 2. The number of aliphatic hydroxyl groups is 2. The van der Waals surface area contributed by atoms with Gasteiger partial charge in [-0.25, -0.2) is 4.79 Å². The molecule has 1 aromatic rings. The van der Waals surface area contributed by atoms with Gasteiger partial charge >= 0.3 is 11.9 Å². The standard InChI is InChI=1S/C53H76O17/c1-29-48(58)39(60-8)26-46(63-29)69-50-31(3)65-47(28-41(50)62-10)70-49-30(2)64-45(27-40(49)61-9)67-36-20-22-51(6)35(24-36)17-18-38(55)37(51)25-43(68-44(57)19-16-34-14-12-11-13-15-34)52(7)42(56)21-23-53(52,59)32(4)66-33(5)54/h11-17,19,29-32,36-37,39-41,43,45-50,58-59H,18,20-28H2,1-10H3/t29-,30-,31+,32+,36+,37+,39+,40+,41+,43-,45+,46+,47+,48-,49-,50-,51+,52-,53-/m1/s1. The Labute approximate surface area is 412 Å². The number of fused-ring (bicyclic) bond motifs is 1. The van der Waals surface area contributed by atoms with Crippen LogP contribution in [0.3, 0.4) is 0 Å². The van der Waals surface area contributed by atoms with Gasteiger partial charge in [-0.15, -0.1) is 0 Å². The van der Waals surface area contributed by atoms with E-state index in [1.165, 1.54) is 19.9 Å². The number of ketones is 2. The average molecular weight is 985 g/mol. The summed E-state index contributed by atoms with van der Waals surface area (Å²) in [6.45, 7) is 12.0. The van der Waals surface area contributed by atoms with Gasteiger partial charge in [0, 0.05) is 72.4 Å². The lowest BCUT2D eigenvalue weighted by atomic mass is 9.56. The van der Waals surface area contributed by atoms with E-state index in [1.807, 2.05) is 57.2 Å². The fraction of sp³-hybridized carbons (Fsp3) is 0.736. The maximum absolute atomic E-state index is 14.2. The summed E-state index contributed by atoms with van der Waals surface area (Å²) in [6.07, 6.45) is -1.03. The van der Waals surface area contributed by atoms with Gasteiger partial charge in [0.25, 0.3) is 0 Å². The first kappa shape index (κ1) is 54.3. The molecular formula is C53H76O17. The fourth-order valence-corrected chi connectivity index (χ4v) is 12.1. The quantitative estimate of drug-likeness (QED) is 0.109. The highest BCUT2D eigenvalue weighted by Gasteiger charge is 2.66. The van der Waals surface area contributed by atoms with Crippen LogP contribution < -0.4 is 0 Å². The zero-order chi connectivity index (χ0) is 50.7. The Hall–Kier alpha value is -3.46. The Balaban J connectivity index is 1.00. The maximum Gasteiger partial charge on any atom is 0.331 e. The summed E-state index contributed by atoms with van der Waals surface area (Å²) in [5.74, 6) is -2.42. The van der Waals surface area contributed by atoms with Crippen molar-refractivity contribution in [2.75, 3.05) is 21.3 Å². The SMILES string of the molecule is CO[C@H]1C[C@H](O[C@@H]2[C@H](C)O[C@@H](O[C@H]3[C@@H](OC)C[C@H](O[C@H]4CC[C@@]5(C)C(=CCC(=O)[C@@H]5C[C@@H](OC(=O)C=Cc5ccccc5)[C@@]5(C)C(=O)CC[C@@]5(O)[C@H](C)OC(C)=O)C4)O[C@@H]3C)C[C@@H]2OC)O[C@H](C)[C@H]1O. The van der Waals surface area contributed by atoms with Gasteiger partial charge in [-0.2, -0.15) is 0 Å². The normalized spacial score (nSPS) is 41.1. The van der Waals surface area contributed by atoms with Gasteiger partial charge in [0.05, 0.1) is 48.1 Å². The number of benzene rings is 1. The first-order valence-corrected chi connectivity index (χ1v) is 25.0. The highest BCUT2D eigenvalue weighted by Crippen LogP contribution is 2.56. The predicted octanol–water partition coefficient (Wildman–Crippen LogP) is 5.73. The second-order valence-electron chi connectivity index (χ2n) is 20.6. The minimum absolute atomic E-state index is 0.0129. The molecule has 3 saturated heterocycles. The minimum Gasteiger partial charge on any atom is -0.460 e. The van der Waals surface area contributed by atoms with Crippen LogP contribution in [0.15, 0.2) is 48.1 Å². The Morgan fingerprint density at radius 3 is 1.97 bits per heavy atom. The second kappa shape index (κ2) is 22.8. The van der Waals surface area contributed by atoms with Crippen molar-refractivity contribution in [1.82, 2.24) is 0 Å². The number of hydrogen-bond donors (Lipinski definition) is 2. The number of hydrogen-bond acceptors (Lipinski definition) is 17. The molecule has 2 saturated carbocycles. The van der Waals surface area contributed by atoms with Crippen molar-refractivity contribution in [3.05, 3.63) is 53.6 Å². The van der Waals surface area contributed by atoms with Gasteiger partial charge in [0.15, 0.2) is 18.9 Å². The number of ether oxygens (including phenoxy) is 11. The molecule has 0 amide bonds. The first-order valence-electron chi connectivity index (χ1n) is 25.0. The summed E-state index contributed by atoms with van der Waals surface area (Å²) < 4.78 is 67.6. The summed E-state index contributed by atoms with van der Waals surface area (Å²) in [6, 6.07) is 9.20. The molecule has 0 spiro atoms. The van der Waals surface area contributed by atoms with Crippen LogP contribution >= 0.6 is 0 Å². The molecule has 3 heterocycles. The molecule has 3 aliphatic carbocycles. The highest BCUT2D eigenvalue weighted by molar-refractivity contribution is 5.92. The van der Waals surface area contributed by atoms with Crippen molar-refractivity contribution in [3.63, 3.8) is 0 Å². The molecule has 3 aliphatic heterocycles. The van der Waals surface area contributed by atoms with E-state index in [9.17, 15) is 29.4 Å². The van der Waals surface area contributed by atoms with Crippen LogP contribution in [0.25, 0.3) is 6.08 Å². The van der Waals surface area contributed by atoms with Crippen molar-refractivity contribution < 1.29 is 81.5 Å². The molecule has 0 bridgehead atoms. The van der Waals surface area contributed by atoms with Gasteiger partial charge in [0.2, 0.25) is 0 Å². The van der Waals surface area contributed by atoms with Crippen LogP contribution in [-0.2, 0) is 71.3 Å². The van der Waals surface area contributed by atoms with Crippen LogP contribution in [0, 0.1) is 16.7 Å². The third kappa shape index (κ3) is 11.3. The summed E-state index contributed by atoms with van der Waals surface area (Å²) >= 11 is 0. The van der Waals surface area contributed by atoms with E-state index in [0.29, 0.717) is 38.5 Å². The van der Waals surface area contributed by atoms with Gasteiger partial charge in [0.1, 0.15) is 47.7 Å². The Kier molecular flexibility index (Phi) is 17.7. The van der Waals surface area contributed by atoms with E-state index in [-0.39, 0.29) is 49.5 Å². The van der Waals surface area contributed by atoms with Crippen LogP contribution in [0.5, 0.6) is 0 Å². The monoisotopic (exact) mass is 985 g/mol. The lowest BCUT2D eigenvalue weighted by molar-refractivity contribution is -0.338. The first-order chi connectivity index (χ1) is 33.2. The van der Waals surface area contributed by atoms with E-state index in [0.717, 1.165) is 11.1 Å². The third-order valence-electron chi connectivity index (χ3n) is 16.4. The molecule has 2 N–H and O–H groups in total. The smallest absolute Gasteiger partial charge is 0.331 e. The molecule has 390 valence electrons. The molecule has 6 aliphatic rings. The Morgan fingerprint density at radius 1 is 0.814 bits per heavy atom. The molecule has 0 unspecified atom stereocenters. The van der Waals surface area contributed by atoms with Crippen LogP contribution in [0.4, 0.5) is 0 Å². The number of aliphatic hydroxyl groups excluding tert-OH is 1. The lowest BCUT2D eigenvalue weighted by Gasteiger charge is -2.51. The average Bonchev–Trinajstić information content (AvgIpc) is 3.57. The van der Waals surface area contributed by atoms with E-state index >= 15 is 0 Å². The van der Waals surface area contributed by atoms with Crippen LogP contribution in [0.1, 0.15) is 118 Å². The zero-order valence-electron chi connectivity index (χ0n) is 42.4. The number of methoxy groups -OCH3 is 3. The summed E-state index contributed by atoms with van der Waals surface area (Å²) in [5, 5.41) is 22.8. The van der Waals surface area contributed by atoms with Crippen molar-refractivity contribution in [2.45, 2.75) is 210 Å². The predicted molar refractivity (Wildman–Crippen MR) is 252 cm³/mol. The molecule has 7 rings (SSSR count). The maximum atomic E-state index is 14.2. The van der Waals surface area contributed by atoms with E-state index in [1.54, 1.807) is 41.3 Å². The molecule has 19 atom stereocenters. The molecule has 5 fully saturated rings. The van der Waals surface area contributed by atoms with E-state index in [2.05, 4.69) is 0 Å². The van der Waals surface area contributed by atoms with Gasteiger partial charge < -0.3 is 62.3 Å². The number of rotatable bonds is 17. The second-order valence-corrected chi connectivity index (χ2v) is 20.6. The summed E-state index contributed by atoms with van der Waals surface area (Å²) in [5.41, 5.74) is -2.48. The molecule has 1 aromatic carbocycles. The van der Waals surface area contributed by atoms with Crippen molar-refractivity contribution in [1.29, 1.82) is 0 Å². The van der Waals surface area contributed by atoms with Crippen LogP contribution in [0.2, 0.25) is 0 Å². The number of Topliss-reactive ketones (excluding diaryl/α,β-unsaturated/α-hetero) is 2. The molecule has 0 radical (unpaired) electrons. The molecule has 0 aromatic heterocycles. The number of carbonyl (C=O) groups is 4. The fourth-order valence-electron chi connectivity index (χ4n) is 12.1. The van der Waals surface area contributed by atoms with Gasteiger partial charge in [-0.3, -0.25) is 14.4 Å². The van der Waals surface area contributed by atoms with Crippen molar-refractivity contribution >= 4 is 29.6 Å². The van der Waals surface area contributed by atoms with Gasteiger partial charge in [-0.05, 0) is 83.8 Å². The lowest BCUT2D eigenvalue weighted by Crippen LogP contribution is -2.61. The summed E-state index contributed by atoms with van der Waals surface area (Å²) in [7, 11) is 4.82. The van der Waals surface area contributed by atoms with E-state index in [4.69, 9.17) is 52.1 Å². The van der Waals surface area contributed by atoms with Crippen LogP contribution in [-0.4, -0.2) is 153 Å². The number of allylic oxidation sites excluding steroid dienone is 1. The van der Waals surface area contributed by atoms with Crippen molar-refractivity contribution in [2.24, 2.45) is 16.7 Å². The minimum atomic E-state index is -1.88. The third-order valence-corrected chi connectivity index (χ3v) is 16.4. The Morgan fingerprint density at radius 2 is 1.39 bits per heavy atom.